The van der Waals surface area contributed by atoms with E-state index in [0.29, 0.717) is 0 Å². The van der Waals surface area contributed by atoms with Crippen LogP contribution in [0.2, 0.25) is 0 Å². The third-order valence-electron chi connectivity index (χ3n) is 5.99. The summed E-state index contributed by atoms with van der Waals surface area (Å²) in [7, 11) is 2.12. The first-order valence-corrected chi connectivity index (χ1v) is 9.94. The van der Waals surface area contributed by atoms with Gasteiger partial charge in [-0.05, 0) is 64.8 Å². The molecule has 0 radical (unpaired) electrons. The first-order chi connectivity index (χ1) is 13.7. The minimum Gasteiger partial charge on any atom is -0.201 e. The molecule has 28 heavy (non-hydrogen) atoms. The molecule has 5 rings (SSSR count). The molecule has 0 N–H and O–H groups in total. The van der Waals surface area contributed by atoms with Crippen molar-refractivity contribution >= 4 is 0 Å². The average Bonchev–Trinajstić information content (AvgIpc) is 2.73. The van der Waals surface area contributed by atoms with E-state index in [2.05, 4.69) is 104 Å². The predicted octanol–water partition coefficient (Wildman–Crippen LogP) is 5.65. The molecule has 1 heteroatoms. The summed E-state index contributed by atoms with van der Waals surface area (Å²) >= 11 is 0. The standard InChI is InChI=1S/C27H24N/c1-19-7-3-6-10-26(19)27-18-24(13-14-28(27)2)22-11-12-23-15-20-8-4-5-9-21(20)16-25(23)17-22/h3-14,17-18H,15-16H2,1-2H3/q+1. The van der Waals surface area contributed by atoms with Crippen LogP contribution >= 0.6 is 0 Å². The Hall–Kier alpha value is -3.19. The molecule has 0 atom stereocenters. The monoisotopic (exact) mass is 362 g/mol. The Morgan fingerprint density at radius 3 is 2.07 bits per heavy atom. The van der Waals surface area contributed by atoms with Crippen LogP contribution in [0.5, 0.6) is 0 Å². The Kier molecular flexibility index (Phi) is 4.09. The molecule has 1 aliphatic carbocycles. The van der Waals surface area contributed by atoms with Crippen molar-refractivity contribution in [2.24, 2.45) is 7.05 Å². The lowest BCUT2D eigenvalue weighted by Crippen LogP contribution is -2.30. The largest absolute Gasteiger partial charge is 0.213 e. The van der Waals surface area contributed by atoms with Crippen molar-refractivity contribution in [2.45, 2.75) is 19.8 Å². The molecule has 0 saturated carbocycles. The van der Waals surface area contributed by atoms with Crippen LogP contribution in [0.15, 0.2) is 85.1 Å². The highest BCUT2D eigenvalue weighted by molar-refractivity contribution is 5.71. The second-order valence-electron chi connectivity index (χ2n) is 7.83. The number of benzene rings is 3. The van der Waals surface area contributed by atoms with Crippen LogP contribution in [-0.4, -0.2) is 0 Å². The van der Waals surface area contributed by atoms with Gasteiger partial charge in [0.1, 0.15) is 7.05 Å². The van der Waals surface area contributed by atoms with Crippen LogP contribution in [0.1, 0.15) is 27.8 Å². The van der Waals surface area contributed by atoms with Crippen LogP contribution in [0.3, 0.4) is 0 Å². The highest BCUT2D eigenvalue weighted by Crippen LogP contribution is 2.31. The number of aryl methyl sites for hydroxylation is 2. The molecule has 3 aromatic carbocycles. The zero-order chi connectivity index (χ0) is 19.1. The number of hydrogen-bond donors (Lipinski definition) is 0. The Labute approximate surface area is 166 Å². The van der Waals surface area contributed by atoms with E-state index in [-0.39, 0.29) is 0 Å². The predicted molar refractivity (Wildman–Crippen MR) is 115 cm³/mol. The molecule has 0 aliphatic heterocycles. The number of aromatic nitrogens is 1. The number of fused-ring (bicyclic) bond motifs is 2. The van der Waals surface area contributed by atoms with Crippen molar-refractivity contribution in [3.63, 3.8) is 0 Å². The highest BCUT2D eigenvalue weighted by Gasteiger charge is 2.17. The normalized spacial score (nSPS) is 12.4. The minimum absolute atomic E-state index is 1.03. The van der Waals surface area contributed by atoms with Crippen LogP contribution in [0, 0.1) is 6.92 Å². The molecule has 1 heterocycles. The summed E-state index contributed by atoms with van der Waals surface area (Å²) in [6.45, 7) is 2.18. The van der Waals surface area contributed by atoms with Gasteiger partial charge in [-0.1, -0.05) is 60.7 Å². The fourth-order valence-corrected chi connectivity index (χ4v) is 4.33. The van der Waals surface area contributed by atoms with E-state index in [9.17, 15) is 0 Å². The van der Waals surface area contributed by atoms with E-state index in [4.69, 9.17) is 0 Å². The first kappa shape index (κ1) is 16.9. The molecule has 1 aliphatic rings. The summed E-state index contributed by atoms with van der Waals surface area (Å²) in [5.41, 5.74) is 12.3. The van der Waals surface area contributed by atoms with E-state index < -0.39 is 0 Å². The lowest BCUT2D eigenvalue weighted by molar-refractivity contribution is -0.660. The summed E-state index contributed by atoms with van der Waals surface area (Å²) in [6.07, 6.45) is 4.25. The van der Waals surface area contributed by atoms with E-state index in [0.717, 1.165) is 12.8 Å². The second kappa shape index (κ2) is 6.76. The molecule has 0 bridgehead atoms. The van der Waals surface area contributed by atoms with Gasteiger partial charge < -0.3 is 0 Å². The fraction of sp³-hybridized carbons (Fsp3) is 0.148. The molecule has 0 amide bonds. The van der Waals surface area contributed by atoms with Crippen molar-refractivity contribution < 1.29 is 4.57 Å². The summed E-state index contributed by atoms with van der Waals surface area (Å²) < 4.78 is 2.21. The van der Waals surface area contributed by atoms with Gasteiger partial charge >= 0.3 is 0 Å². The van der Waals surface area contributed by atoms with Crippen LogP contribution in [-0.2, 0) is 19.9 Å². The van der Waals surface area contributed by atoms with Crippen molar-refractivity contribution in [3.05, 3.63) is 113 Å². The molecular weight excluding hydrogens is 338 g/mol. The third-order valence-corrected chi connectivity index (χ3v) is 5.99. The minimum atomic E-state index is 1.03. The molecule has 0 spiro atoms. The van der Waals surface area contributed by atoms with Crippen LogP contribution < -0.4 is 4.57 Å². The summed E-state index contributed by atoms with van der Waals surface area (Å²) in [5, 5.41) is 0. The van der Waals surface area contributed by atoms with Gasteiger partial charge in [-0.2, -0.15) is 0 Å². The number of rotatable bonds is 2. The Balaban J connectivity index is 1.56. The Morgan fingerprint density at radius 2 is 1.29 bits per heavy atom. The number of nitrogens with zero attached hydrogens (tertiary/aromatic N) is 1. The summed E-state index contributed by atoms with van der Waals surface area (Å²) in [5.74, 6) is 0. The average molecular weight is 362 g/mol. The first-order valence-electron chi connectivity index (χ1n) is 9.94. The van der Waals surface area contributed by atoms with E-state index in [1.165, 1.54) is 50.2 Å². The topological polar surface area (TPSA) is 3.88 Å². The van der Waals surface area contributed by atoms with Gasteiger partial charge in [-0.25, -0.2) is 4.57 Å². The quantitative estimate of drug-likeness (QED) is 0.357. The van der Waals surface area contributed by atoms with Crippen LogP contribution in [0.25, 0.3) is 22.4 Å². The van der Waals surface area contributed by atoms with E-state index in [1.807, 2.05) is 0 Å². The van der Waals surface area contributed by atoms with Gasteiger partial charge in [0.05, 0.1) is 0 Å². The molecule has 0 saturated heterocycles. The molecule has 1 aromatic heterocycles. The molecule has 0 fully saturated rings. The Bertz CT molecular complexity index is 1190. The zero-order valence-corrected chi connectivity index (χ0v) is 16.4. The molecular formula is C27H24N+. The third kappa shape index (κ3) is 2.93. The van der Waals surface area contributed by atoms with Gasteiger partial charge in [0.25, 0.3) is 0 Å². The van der Waals surface area contributed by atoms with E-state index >= 15 is 0 Å². The zero-order valence-electron chi connectivity index (χ0n) is 16.4. The van der Waals surface area contributed by atoms with Gasteiger partial charge in [0.15, 0.2) is 6.20 Å². The molecule has 4 aromatic rings. The molecule has 0 unspecified atom stereocenters. The Morgan fingerprint density at radius 1 is 0.643 bits per heavy atom. The van der Waals surface area contributed by atoms with Gasteiger partial charge in [-0.3, -0.25) is 0 Å². The SMILES string of the molecule is Cc1ccccc1-c1cc(-c2ccc3c(c2)Cc2ccccc2C3)cc[n+]1C. The summed E-state index contributed by atoms with van der Waals surface area (Å²) in [4.78, 5) is 0. The number of pyridine rings is 1. The smallest absolute Gasteiger partial charge is 0.201 e. The number of hydrogen-bond acceptors (Lipinski definition) is 0. The van der Waals surface area contributed by atoms with Crippen molar-refractivity contribution in [1.82, 2.24) is 0 Å². The van der Waals surface area contributed by atoms with Crippen molar-refractivity contribution in [2.75, 3.05) is 0 Å². The second-order valence-corrected chi connectivity index (χ2v) is 7.83. The summed E-state index contributed by atoms with van der Waals surface area (Å²) in [6, 6.07) is 29.0. The van der Waals surface area contributed by atoms with Gasteiger partial charge in [0.2, 0.25) is 5.69 Å². The van der Waals surface area contributed by atoms with Crippen molar-refractivity contribution in [1.29, 1.82) is 0 Å². The van der Waals surface area contributed by atoms with E-state index in [1.54, 1.807) is 0 Å². The lowest BCUT2D eigenvalue weighted by Gasteiger charge is -2.20. The molecule has 1 nitrogen and oxygen atoms in total. The highest BCUT2D eigenvalue weighted by atomic mass is 14.9. The maximum Gasteiger partial charge on any atom is 0.213 e. The maximum absolute atomic E-state index is 2.39. The molecule has 136 valence electrons. The van der Waals surface area contributed by atoms with Crippen LogP contribution in [0.4, 0.5) is 0 Å². The van der Waals surface area contributed by atoms with Gasteiger partial charge in [-0.15, -0.1) is 0 Å². The fourth-order valence-electron chi connectivity index (χ4n) is 4.33. The lowest BCUT2D eigenvalue weighted by atomic mass is 9.84. The van der Waals surface area contributed by atoms with Gasteiger partial charge in [0, 0.05) is 17.7 Å². The maximum atomic E-state index is 2.39. The van der Waals surface area contributed by atoms with Crippen molar-refractivity contribution in [3.8, 4) is 22.4 Å².